The summed E-state index contributed by atoms with van der Waals surface area (Å²) >= 11 is 0. The summed E-state index contributed by atoms with van der Waals surface area (Å²) in [6, 6.07) is 0. The molecular weight excluding hydrogens is 136 g/mol. The predicted molar refractivity (Wildman–Crippen MR) is 50.5 cm³/mol. The number of hydrogen-bond acceptors (Lipinski definition) is 2. The van der Waals surface area contributed by atoms with Gasteiger partial charge in [-0.2, -0.15) is 0 Å². The van der Waals surface area contributed by atoms with Crippen molar-refractivity contribution in [3.8, 4) is 0 Å². The highest BCUT2D eigenvalue weighted by Crippen LogP contribution is 2.13. The van der Waals surface area contributed by atoms with Gasteiger partial charge in [0.05, 0.1) is 0 Å². The van der Waals surface area contributed by atoms with Crippen molar-refractivity contribution < 1.29 is 0 Å². The highest BCUT2D eigenvalue weighted by Gasteiger charge is 2.17. The molecule has 0 aromatic rings. The molecule has 0 aromatic heterocycles. The molecule has 0 radical (unpaired) electrons. The molecule has 2 nitrogen and oxygen atoms in total. The Hall–Kier alpha value is -0.500. The molecule has 0 fully saturated rings. The molecule has 2 heteroatoms. The Labute approximate surface area is 70.3 Å². The molecule has 0 unspecified atom stereocenters. The van der Waals surface area contributed by atoms with Crippen molar-refractivity contribution in [1.82, 2.24) is 10.2 Å². The molecule has 0 heterocycles. The van der Waals surface area contributed by atoms with E-state index >= 15 is 0 Å². The Morgan fingerprint density at radius 2 is 2.00 bits per heavy atom. The molecule has 0 bridgehead atoms. The average Bonchev–Trinajstić information content (AvgIpc) is 1.81. The first-order chi connectivity index (χ1) is 4.98. The van der Waals surface area contributed by atoms with E-state index in [0.717, 1.165) is 13.1 Å². The second kappa shape index (κ2) is 4.39. The van der Waals surface area contributed by atoms with Crippen molar-refractivity contribution in [2.45, 2.75) is 13.8 Å². The first-order valence-electron chi connectivity index (χ1n) is 3.97. The minimum Gasteiger partial charge on any atom is -0.391 e. The highest BCUT2D eigenvalue weighted by molar-refractivity contribution is 4.77. The lowest BCUT2D eigenvalue weighted by molar-refractivity contribution is 0.239. The maximum Gasteiger partial charge on any atom is 0.0204 e. The molecule has 11 heavy (non-hydrogen) atoms. The normalized spacial score (nSPS) is 11.7. The first-order valence-corrected chi connectivity index (χ1v) is 3.97. The van der Waals surface area contributed by atoms with Crippen LogP contribution < -0.4 is 5.32 Å². The molecule has 0 aliphatic carbocycles. The Balaban J connectivity index is 3.69. The number of hydrogen-bond donors (Lipinski definition) is 1. The maximum absolute atomic E-state index is 3.62. The van der Waals surface area contributed by atoms with Gasteiger partial charge in [-0.1, -0.05) is 20.4 Å². The molecule has 0 amide bonds. The zero-order valence-corrected chi connectivity index (χ0v) is 8.15. The lowest BCUT2D eigenvalue weighted by Gasteiger charge is -2.27. The summed E-state index contributed by atoms with van der Waals surface area (Å²) in [4.78, 5) is 2.20. The summed E-state index contributed by atoms with van der Waals surface area (Å²) in [5, 5.41) is 3.13. The monoisotopic (exact) mass is 156 g/mol. The SMILES string of the molecule is C=CNCC(C)(C)CN(C)C. The summed E-state index contributed by atoms with van der Waals surface area (Å²) in [7, 11) is 4.19. The number of nitrogens with zero attached hydrogens (tertiary/aromatic N) is 1. The van der Waals surface area contributed by atoms with Gasteiger partial charge in [-0.15, -0.1) is 0 Å². The summed E-state index contributed by atoms with van der Waals surface area (Å²) in [6.45, 7) is 10.2. The zero-order chi connectivity index (χ0) is 8.91. The van der Waals surface area contributed by atoms with E-state index in [2.05, 4.69) is 44.7 Å². The van der Waals surface area contributed by atoms with E-state index in [1.165, 1.54) is 0 Å². The lowest BCUT2D eigenvalue weighted by atomic mass is 9.93. The van der Waals surface area contributed by atoms with Crippen molar-refractivity contribution in [3.05, 3.63) is 12.8 Å². The molecule has 0 aliphatic rings. The van der Waals surface area contributed by atoms with E-state index in [0.29, 0.717) is 5.41 Å². The van der Waals surface area contributed by atoms with Crippen molar-refractivity contribution >= 4 is 0 Å². The number of rotatable bonds is 5. The molecule has 0 aromatic carbocycles. The largest absolute Gasteiger partial charge is 0.391 e. The fourth-order valence-corrected chi connectivity index (χ4v) is 1.26. The van der Waals surface area contributed by atoms with Gasteiger partial charge in [0.15, 0.2) is 0 Å². The third-order valence-electron chi connectivity index (χ3n) is 1.47. The fourth-order valence-electron chi connectivity index (χ4n) is 1.26. The van der Waals surface area contributed by atoms with Gasteiger partial charge in [-0.3, -0.25) is 0 Å². The summed E-state index contributed by atoms with van der Waals surface area (Å²) in [6.07, 6.45) is 1.75. The Morgan fingerprint density at radius 3 is 2.36 bits per heavy atom. The summed E-state index contributed by atoms with van der Waals surface area (Å²) in [5.74, 6) is 0. The van der Waals surface area contributed by atoms with Crippen molar-refractivity contribution in [3.63, 3.8) is 0 Å². The molecule has 0 saturated carbocycles. The molecule has 0 spiro atoms. The van der Waals surface area contributed by atoms with Gasteiger partial charge in [-0.25, -0.2) is 0 Å². The van der Waals surface area contributed by atoms with Crippen LogP contribution in [-0.4, -0.2) is 32.1 Å². The van der Waals surface area contributed by atoms with Crippen LogP contribution in [0.2, 0.25) is 0 Å². The van der Waals surface area contributed by atoms with Crippen LogP contribution in [0.5, 0.6) is 0 Å². The summed E-state index contributed by atoms with van der Waals surface area (Å²) in [5.41, 5.74) is 0.317. The molecule has 66 valence electrons. The smallest absolute Gasteiger partial charge is 0.0204 e. The zero-order valence-electron chi connectivity index (χ0n) is 8.15. The van der Waals surface area contributed by atoms with Gasteiger partial charge in [0.1, 0.15) is 0 Å². The van der Waals surface area contributed by atoms with Crippen LogP contribution >= 0.6 is 0 Å². The third-order valence-corrected chi connectivity index (χ3v) is 1.47. The van der Waals surface area contributed by atoms with Crippen LogP contribution in [0.1, 0.15) is 13.8 Å². The molecule has 0 saturated heterocycles. The fraction of sp³-hybridized carbons (Fsp3) is 0.778. The van der Waals surface area contributed by atoms with Gasteiger partial charge < -0.3 is 10.2 Å². The molecule has 0 rings (SSSR count). The second-order valence-corrected chi connectivity index (χ2v) is 3.99. The lowest BCUT2D eigenvalue weighted by Crippen LogP contribution is -2.35. The van der Waals surface area contributed by atoms with E-state index in [-0.39, 0.29) is 0 Å². The van der Waals surface area contributed by atoms with E-state index in [1.807, 2.05) is 0 Å². The maximum atomic E-state index is 3.62. The Kier molecular flexibility index (Phi) is 4.19. The van der Waals surface area contributed by atoms with Crippen LogP contribution in [0, 0.1) is 5.41 Å². The van der Waals surface area contributed by atoms with Crippen LogP contribution in [0.3, 0.4) is 0 Å². The topological polar surface area (TPSA) is 15.3 Å². The van der Waals surface area contributed by atoms with E-state index in [1.54, 1.807) is 6.20 Å². The third kappa shape index (κ3) is 5.92. The van der Waals surface area contributed by atoms with Crippen LogP contribution in [0.25, 0.3) is 0 Å². The van der Waals surface area contributed by atoms with Crippen molar-refractivity contribution in [2.75, 3.05) is 27.2 Å². The quantitative estimate of drug-likeness (QED) is 0.645. The van der Waals surface area contributed by atoms with E-state index in [4.69, 9.17) is 0 Å². The predicted octanol–water partition coefficient (Wildman–Crippen LogP) is 1.31. The number of nitrogens with one attached hydrogen (secondary N) is 1. The standard InChI is InChI=1S/C9H20N2/c1-6-10-7-9(2,3)8-11(4)5/h6,10H,1,7-8H2,2-5H3. The minimum absolute atomic E-state index is 0.317. The van der Waals surface area contributed by atoms with Crippen molar-refractivity contribution in [1.29, 1.82) is 0 Å². The Bertz CT molecular complexity index is 117. The van der Waals surface area contributed by atoms with Crippen LogP contribution in [-0.2, 0) is 0 Å². The first kappa shape index (κ1) is 10.5. The van der Waals surface area contributed by atoms with E-state index < -0.39 is 0 Å². The minimum atomic E-state index is 0.317. The van der Waals surface area contributed by atoms with Crippen molar-refractivity contribution in [2.24, 2.45) is 5.41 Å². The van der Waals surface area contributed by atoms with Gasteiger partial charge in [-0.05, 0) is 25.7 Å². The molecule has 1 N–H and O–H groups in total. The summed E-state index contributed by atoms with van der Waals surface area (Å²) < 4.78 is 0. The molecular formula is C9H20N2. The highest BCUT2D eigenvalue weighted by atomic mass is 15.1. The molecule has 0 aliphatic heterocycles. The van der Waals surface area contributed by atoms with Gasteiger partial charge in [0.25, 0.3) is 0 Å². The molecule has 0 atom stereocenters. The van der Waals surface area contributed by atoms with Crippen LogP contribution in [0.15, 0.2) is 12.8 Å². The van der Waals surface area contributed by atoms with Crippen LogP contribution in [0.4, 0.5) is 0 Å². The van der Waals surface area contributed by atoms with Gasteiger partial charge in [0, 0.05) is 13.1 Å². The second-order valence-electron chi connectivity index (χ2n) is 3.99. The van der Waals surface area contributed by atoms with Gasteiger partial charge >= 0.3 is 0 Å². The Morgan fingerprint density at radius 1 is 1.45 bits per heavy atom. The van der Waals surface area contributed by atoms with E-state index in [9.17, 15) is 0 Å². The average molecular weight is 156 g/mol. The van der Waals surface area contributed by atoms with Gasteiger partial charge in [0.2, 0.25) is 0 Å².